The van der Waals surface area contributed by atoms with Gasteiger partial charge < -0.3 is 15.0 Å². The Labute approximate surface area is 121 Å². The number of nitrogens with one attached hydrogen (secondary N) is 1. The largest absolute Gasteiger partial charge is 0.378 e. The first-order valence-corrected chi connectivity index (χ1v) is 7.48. The molecular formula is C16H24N2O2. The zero-order chi connectivity index (χ0) is 14.4. The molecule has 4 heteroatoms. The number of nitrogens with zero attached hydrogens (tertiary/aromatic N) is 1. The Morgan fingerprint density at radius 3 is 2.65 bits per heavy atom. The van der Waals surface area contributed by atoms with Gasteiger partial charge >= 0.3 is 0 Å². The van der Waals surface area contributed by atoms with Crippen molar-refractivity contribution in [1.29, 1.82) is 0 Å². The monoisotopic (exact) mass is 276 g/mol. The zero-order valence-corrected chi connectivity index (χ0v) is 12.4. The van der Waals surface area contributed by atoms with Gasteiger partial charge in [0.2, 0.25) is 5.91 Å². The third-order valence-corrected chi connectivity index (χ3v) is 3.85. The minimum absolute atomic E-state index is 0.0991. The van der Waals surface area contributed by atoms with Crippen molar-refractivity contribution < 1.29 is 9.53 Å². The molecule has 0 unspecified atom stereocenters. The summed E-state index contributed by atoms with van der Waals surface area (Å²) in [7, 11) is 0. The Balaban J connectivity index is 2.03. The predicted molar refractivity (Wildman–Crippen MR) is 82.2 cm³/mol. The van der Waals surface area contributed by atoms with Crippen molar-refractivity contribution >= 4 is 17.3 Å². The lowest BCUT2D eigenvalue weighted by Crippen LogP contribution is -2.36. The summed E-state index contributed by atoms with van der Waals surface area (Å²) in [5.74, 6) is 0.219. The molecule has 1 amide bonds. The Hall–Kier alpha value is -1.55. The molecule has 0 aromatic heterocycles. The molecule has 1 heterocycles. The summed E-state index contributed by atoms with van der Waals surface area (Å²) >= 11 is 0. The van der Waals surface area contributed by atoms with Gasteiger partial charge in [0.1, 0.15) is 0 Å². The normalized spacial score (nSPS) is 15.4. The van der Waals surface area contributed by atoms with Gasteiger partial charge in [0.05, 0.1) is 13.2 Å². The number of carbonyl (C=O) groups is 1. The summed E-state index contributed by atoms with van der Waals surface area (Å²) in [6.07, 6.45) is 1.76. The van der Waals surface area contributed by atoms with Crippen LogP contribution in [0.3, 0.4) is 0 Å². The molecule has 20 heavy (non-hydrogen) atoms. The predicted octanol–water partition coefficient (Wildman–Crippen LogP) is 2.90. The van der Waals surface area contributed by atoms with Crippen molar-refractivity contribution in [1.82, 2.24) is 0 Å². The van der Waals surface area contributed by atoms with Crippen LogP contribution in [0.25, 0.3) is 0 Å². The summed E-state index contributed by atoms with van der Waals surface area (Å²) in [6, 6.07) is 8.07. The summed E-state index contributed by atoms with van der Waals surface area (Å²) < 4.78 is 5.37. The van der Waals surface area contributed by atoms with Crippen LogP contribution in [-0.2, 0) is 9.53 Å². The lowest BCUT2D eigenvalue weighted by Gasteiger charge is -2.29. The fourth-order valence-corrected chi connectivity index (χ4v) is 2.51. The van der Waals surface area contributed by atoms with E-state index in [1.165, 1.54) is 0 Å². The van der Waals surface area contributed by atoms with Gasteiger partial charge in [0, 0.05) is 30.4 Å². The van der Waals surface area contributed by atoms with Crippen LogP contribution in [0, 0.1) is 5.92 Å². The molecule has 1 saturated heterocycles. The maximum absolute atomic E-state index is 12.1. The second-order valence-electron chi connectivity index (χ2n) is 5.15. The highest BCUT2D eigenvalue weighted by Crippen LogP contribution is 2.21. The molecule has 1 aromatic rings. The van der Waals surface area contributed by atoms with Crippen molar-refractivity contribution in [3.05, 3.63) is 24.3 Å². The number of rotatable bonds is 5. The average molecular weight is 276 g/mol. The Morgan fingerprint density at radius 2 is 2.00 bits per heavy atom. The quantitative estimate of drug-likeness (QED) is 0.899. The van der Waals surface area contributed by atoms with E-state index in [2.05, 4.69) is 30.1 Å². The second-order valence-corrected chi connectivity index (χ2v) is 5.15. The summed E-state index contributed by atoms with van der Waals surface area (Å²) in [6.45, 7) is 7.46. The van der Waals surface area contributed by atoms with Gasteiger partial charge in [-0.25, -0.2) is 0 Å². The highest BCUT2D eigenvalue weighted by Gasteiger charge is 2.15. The smallest absolute Gasteiger partial charge is 0.227 e. The molecular weight excluding hydrogens is 252 g/mol. The third kappa shape index (κ3) is 3.73. The molecule has 1 aliphatic heterocycles. The maximum atomic E-state index is 12.1. The lowest BCUT2D eigenvalue weighted by molar-refractivity contribution is -0.120. The van der Waals surface area contributed by atoms with Crippen molar-refractivity contribution in [3.8, 4) is 0 Å². The second kappa shape index (κ2) is 7.29. The lowest BCUT2D eigenvalue weighted by atomic mass is 10.0. The Bertz CT molecular complexity index is 438. The van der Waals surface area contributed by atoms with Crippen LogP contribution >= 0.6 is 0 Å². The van der Waals surface area contributed by atoms with Crippen LogP contribution in [0.5, 0.6) is 0 Å². The SMILES string of the molecule is CCC(CC)C(=O)Nc1cccc(N2CCOCC2)c1. The van der Waals surface area contributed by atoms with E-state index in [1.54, 1.807) is 0 Å². The number of hydrogen-bond donors (Lipinski definition) is 1. The van der Waals surface area contributed by atoms with Crippen LogP contribution in [0.15, 0.2) is 24.3 Å². The number of carbonyl (C=O) groups excluding carboxylic acids is 1. The number of hydrogen-bond acceptors (Lipinski definition) is 3. The van der Waals surface area contributed by atoms with Crippen molar-refractivity contribution in [2.45, 2.75) is 26.7 Å². The molecule has 0 bridgehead atoms. The fourth-order valence-electron chi connectivity index (χ4n) is 2.51. The first-order chi connectivity index (χ1) is 9.74. The van der Waals surface area contributed by atoms with E-state index in [4.69, 9.17) is 4.74 Å². The summed E-state index contributed by atoms with van der Waals surface area (Å²) in [4.78, 5) is 14.4. The van der Waals surface area contributed by atoms with Crippen LogP contribution in [0.4, 0.5) is 11.4 Å². The molecule has 0 aliphatic carbocycles. The summed E-state index contributed by atoms with van der Waals surface area (Å²) in [5, 5.41) is 3.03. The minimum Gasteiger partial charge on any atom is -0.378 e. The Morgan fingerprint density at radius 1 is 1.30 bits per heavy atom. The van der Waals surface area contributed by atoms with Gasteiger partial charge in [0.25, 0.3) is 0 Å². The van der Waals surface area contributed by atoms with E-state index in [0.717, 1.165) is 50.5 Å². The molecule has 2 rings (SSSR count). The third-order valence-electron chi connectivity index (χ3n) is 3.85. The van der Waals surface area contributed by atoms with E-state index in [-0.39, 0.29) is 11.8 Å². The highest BCUT2D eigenvalue weighted by molar-refractivity contribution is 5.92. The van der Waals surface area contributed by atoms with E-state index in [1.807, 2.05) is 18.2 Å². The van der Waals surface area contributed by atoms with E-state index >= 15 is 0 Å². The van der Waals surface area contributed by atoms with E-state index in [9.17, 15) is 4.79 Å². The van der Waals surface area contributed by atoms with Gasteiger partial charge in [-0.05, 0) is 31.0 Å². The number of anilines is 2. The topological polar surface area (TPSA) is 41.6 Å². The van der Waals surface area contributed by atoms with Crippen LogP contribution in [-0.4, -0.2) is 32.2 Å². The molecule has 0 atom stereocenters. The van der Waals surface area contributed by atoms with Crippen LogP contribution in [0.2, 0.25) is 0 Å². The van der Waals surface area contributed by atoms with Gasteiger partial charge in [-0.1, -0.05) is 19.9 Å². The zero-order valence-electron chi connectivity index (χ0n) is 12.4. The minimum atomic E-state index is 0.0991. The number of amides is 1. The number of morpholine rings is 1. The standard InChI is InChI=1S/C16H24N2O2/c1-3-13(4-2)16(19)17-14-6-5-7-15(12-14)18-8-10-20-11-9-18/h5-7,12-13H,3-4,8-11H2,1-2H3,(H,17,19). The van der Waals surface area contributed by atoms with Crippen molar-refractivity contribution in [2.24, 2.45) is 5.92 Å². The molecule has 110 valence electrons. The maximum Gasteiger partial charge on any atom is 0.227 e. The van der Waals surface area contributed by atoms with Crippen LogP contribution < -0.4 is 10.2 Å². The molecule has 0 saturated carbocycles. The molecule has 4 nitrogen and oxygen atoms in total. The molecule has 1 N–H and O–H groups in total. The Kier molecular flexibility index (Phi) is 5.41. The van der Waals surface area contributed by atoms with Crippen LogP contribution in [0.1, 0.15) is 26.7 Å². The van der Waals surface area contributed by atoms with Gasteiger partial charge in [-0.2, -0.15) is 0 Å². The van der Waals surface area contributed by atoms with E-state index in [0.29, 0.717) is 0 Å². The number of benzene rings is 1. The first kappa shape index (κ1) is 14.9. The molecule has 1 aromatic carbocycles. The highest BCUT2D eigenvalue weighted by atomic mass is 16.5. The van der Waals surface area contributed by atoms with Gasteiger partial charge in [0.15, 0.2) is 0 Å². The molecule has 1 aliphatic rings. The summed E-state index contributed by atoms with van der Waals surface area (Å²) in [5.41, 5.74) is 2.03. The average Bonchev–Trinajstić information content (AvgIpc) is 2.49. The first-order valence-electron chi connectivity index (χ1n) is 7.48. The molecule has 0 radical (unpaired) electrons. The number of ether oxygens (including phenoxy) is 1. The molecule has 0 spiro atoms. The van der Waals surface area contributed by atoms with E-state index < -0.39 is 0 Å². The van der Waals surface area contributed by atoms with Gasteiger partial charge in [-0.3, -0.25) is 4.79 Å². The van der Waals surface area contributed by atoms with Crippen molar-refractivity contribution in [3.63, 3.8) is 0 Å². The molecule has 1 fully saturated rings. The van der Waals surface area contributed by atoms with Crippen molar-refractivity contribution in [2.75, 3.05) is 36.5 Å². The fraction of sp³-hybridized carbons (Fsp3) is 0.562. The van der Waals surface area contributed by atoms with Gasteiger partial charge in [-0.15, -0.1) is 0 Å².